The maximum atomic E-state index is 13.5. The SMILES string of the molecule is O=C(O)C1=CC2(CC[C@H]1S(=O)(=O)[C@H]1CCc3cccc(Cl)c31)O[C@@H](CO)[C@H](CO)O2. The molecule has 1 spiro atoms. The average Bonchev–Trinajstić information content (AvgIpc) is 3.30. The van der Waals surface area contributed by atoms with Gasteiger partial charge in [-0.25, -0.2) is 13.2 Å². The van der Waals surface area contributed by atoms with E-state index in [0.717, 1.165) is 5.56 Å². The molecule has 0 radical (unpaired) electrons. The number of aliphatic hydroxyl groups excluding tert-OH is 2. The van der Waals surface area contributed by atoms with E-state index >= 15 is 0 Å². The predicted octanol–water partition coefficient (Wildman–Crippen LogP) is 1.38. The zero-order valence-electron chi connectivity index (χ0n) is 16.0. The van der Waals surface area contributed by atoms with Crippen molar-refractivity contribution in [2.24, 2.45) is 0 Å². The molecule has 0 aromatic heterocycles. The topological polar surface area (TPSA) is 130 Å². The molecule has 0 bridgehead atoms. The molecule has 1 aliphatic heterocycles. The van der Waals surface area contributed by atoms with Crippen molar-refractivity contribution in [3.05, 3.63) is 46.0 Å². The molecule has 1 fully saturated rings. The lowest BCUT2D eigenvalue weighted by molar-refractivity contribution is -0.153. The number of fused-ring (bicyclic) bond motifs is 1. The van der Waals surface area contributed by atoms with Crippen molar-refractivity contribution in [2.75, 3.05) is 13.2 Å². The summed E-state index contributed by atoms with van der Waals surface area (Å²) in [5.41, 5.74) is 1.10. The van der Waals surface area contributed by atoms with Gasteiger partial charge in [0.05, 0.1) is 29.3 Å². The van der Waals surface area contributed by atoms with E-state index in [9.17, 15) is 28.5 Å². The minimum atomic E-state index is -3.92. The number of aliphatic hydroxyl groups is 2. The van der Waals surface area contributed by atoms with Gasteiger partial charge in [0, 0.05) is 11.4 Å². The summed E-state index contributed by atoms with van der Waals surface area (Å²) in [7, 11) is -3.92. The highest BCUT2D eigenvalue weighted by Gasteiger charge is 2.52. The lowest BCUT2D eigenvalue weighted by Gasteiger charge is -2.34. The first kappa shape index (κ1) is 21.7. The van der Waals surface area contributed by atoms with Gasteiger partial charge in [-0.1, -0.05) is 23.7 Å². The largest absolute Gasteiger partial charge is 0.478 e. The van der Waals surface area contributed by atoms with Crippen LogP contribution in [0, 0.1) is 0 Å². The summed E-state index contributed by atoms with van der Waals surface area (Å²) < 4.78 is 38.5. The molecule has 4 rings (SSSR count). The van der Waals surface area contributed by atoms with Gasteiger partial charge in [-0.15, -0.1) is 0 Å². The summed E-state index contributed by atoms with van der Waals surface area (Å²) in [5.74, 6) is -2.86. The van der Waals surface area contributed by atoms with Gasteiger partial charge in [-0.2, -0.15) is 0 Å². The van der Waals surface area contributed by atoms with Crippen molar-refractivity contribution in [2.45, 2.75) is 54.2 Å². The van der Waals surface area contributed by atoms with E-state index < -0.39 is 57.5 Å². The van der Waals surface area contributed by atoms with Crippen LogP contribution in [0.5, 0.6) is 0 Å². The van der Waals surface area contributed by atoms with Crippen molar-refractivity contribution in [3.8, 4) is 0 Å². The molecule has 30 heavy (non-hydrogen) atoms. The Morgan fingerprint density at radius 1 is 1.13 bits per heavy atom. The summed E-state index contributed by atoms with van der Waals surface area (Å²) in [6.45, 7) is -0.829. The van der Waals surface area contributed by atoms with Gasteiger partial charge >= 0.3 is 5.97 Å². The highest BCUT2D eigenvalue weighted by atomic mass is 35.5. The average molecular weight is 459 g/mol. The van der Waals surface area contributed by atoms with E-state index in [-0.39, 0.29) is 18.4 Å². The Bertz CT molecular complexity index is 977. The summed E-state index contributed by atoms with van der Waals surface area (Å²) in [4.78, 5) is 12.0. The number of sulfone groups is 1. The van der Waals surface area contributed by atoms with E-state index in [0.29, 0.717) is 23.4 Å². The molecule has 3 aliphatic rings. The number of ether oxygens (including phenoxy) is 2. The first-order valence-corrected chi connectivity index (χ1v) is 11.7. The van der Waals surface area contributed by atoms with Crippen molar-refractivity contribution >= 4 is 27.4 Å². The van der Waals surface area contributed by atoms with Gasteiger partial charge < -0.3 is 24.8 Å². The molecule has 1 aromatic carbocycles. The van der Waals surface area contributed by atoms with Crippen LogP contribution < -0.4 is 0 Å². The number of rotatable bonds is 5. The Kier molecular flexibility index (Phi) is 5.71. The van der Waals surface area contributed by atoms with Crippen LogP contribution in [0.4, 0.5) is 0 Å². The number of carbonyl (C=O) groups is 1. The summed E-state index contributed by atoms with van der Waals surface area (Å²) in [6.07, 6.45) is 0.509. The van der Waals surface area contributed by atoms with E-state index in [1.165, 1.54) is 6.08 Å². The normalized spacial score (nSPS) is 30.3. The van der Waals surface area contributed by atoms with Crippen LogP contribution in [0.1, 0.15) is 35.6 Å². The van der Waals surface area contributed by atoms with Gasteiger partial charge in [0.1, 0.15) is 12.2 Å². The van der Waals surface area contributed by atoms with Crippen LogP contribution in [0.2, 0.25) is 5.02 Å². The first-order chi connectivity index (χ1) is 14.2. The summed E-state index contributed by atoms with van der Waals surface area (Å²) >= 11 is 6.29. The summed E-state index contributed by atoms with van der Waals surface area (Å²) in [5, 5.41) is 26.9. The van der Waals surface area contributed by atoms with Crippen LogP contribution in [0.15, 0.2) is 29.8 Å². The third-order valence-electron chi connectivity index (χ3n) is 6.13. The molecule has 0 saturated carbocycles. The van der Waals surface area contributed by atoms with Crippen LogP contribution in [0.25, 0.3) is 0 Å². The fourth-order valence-electron chi connectivity index (χ4n) is 4.74. The second kappa shape index (κ2) is 7.89. The molecule has 164 valence electrons. The molecule has 4 atom stereocenters. The van der Waals surface area contributed by atoms with Crippen LogP contribution >= 0.6 is 11.6 Å². The van der Waals surface area contributed by atoms with Gasteiger partial charge in [0.2, 0.25) is 0 Å². The number of carboxylic acids is 1. The quantitative estimate of drug-likeness (QED) is 0.603. The lowest BCUT2D eigenvalue weighted by atomic mass is 9.94. The van der Waals surface area contributed by atoms with Gasteiger partial charge in [-0.05, 0) is 42.5 Å². The van der Waals surface area contributed by atoms with E-state index in [2.05, 4.69) is 0 Å². The van der Waals surface area contributed by atoms with Crippen LogP contribution in [0.3, 0.4) is 0 Å². The Balaban J connectivity index is 1.70. The Morgan fingerprint density at radius 2 is 1.80 bits per heavy atom. The van der Waals surface area contributed by atoms with Crippen molar-refractivity contribution in [1.82, 2.24) is 0 Å². The van der Waals surface area contributed by atoms with Crippen molar-refractivity contribution in [3.63, 3.8) is 0 Å². The number of benzene rings is 1. The minimum absolute atomic E-state index is 0.0208. The molecular weight excluding hydrogens is 436 g/mol. The van der Waals surface area contributed by atoms with Crippen molar-refractivity contribution < 1.29 is 38.0 Å². The fourth-order valence-corrected chi connectivity index (χ4v) is 7.55. The maximum Gasteiger partial charge on any atom is 0.332 e. The predicted molar refractivity (Wildman–Crippen MR) is 107 cm³/mol. The zero-order chi connectivity index (χ0) is 21.7. The number of aliphatic carboxylic acids is 1. The van der Waals surface area contributed by atoms with Gasteiger partial charge in [0.15, 0.2) is 15.6 Å². The second-order valence-corrected chi connectivity index (χ2v) is 10.6. The number of hydrogen-bond donors (Lipinski definition) is 3. The van der Waals surface area contributed by atoms with E-state index in [1.54, 1.807) is 12.1 Å². The lowest BCUT2D eigenvalue weighted by Crippen LogP contribution is -2.41. The zero-order valence-corrected chi connectivity index (χ0v) is 17.6. The minimum Gasteiger partial charge on any atom is -0.478 e. The van der Waals surface area contributed by atoms with E-state index in [4.69, 9.17) is 21.1 Å². The molecule has 8 nitrogen and oxygen atoms in total. The molecule has 1 saturated heterocycles. The third-order valence-corrected chi connectivity index (χ3v) is 9.01. The Morgan fingerprint density at radius 3 is 2.40 bits per heavy atom. The van der Waals surface area contributed by atoms with Crippen LogP contribution in [-0.2, 0) is 30.5 Å². The number of carboxylic acid groups (broad SMARTS) is 1. The van der Waals surface area contributed by atoms with Gasteiger partial charge in [0.25, 0.3) is 0 Å². The Hall–Kier alpha value is -1.49. The molecule has 0 amide bonds. The van der Waals surface area contributed by atoms with Crippen molar-refractivity contribution in [1.29, 1.82) is 0 Å². The highest BCUT2D eigenvalue weighted by Crippen LogP contribution is 2.47. The Labute approximate surface area is 179 Å². The molecule has 2 aliphatic carbocycles. The number of hydrogen-bond acceptors (Lipinski definition) is 7. The molecule has 10 heteroatoms. The molecular formula is C20H23ClO8S. The molecule has 1 aromatic rings. The molecule has 3 N–H and O–H groups in total. The second-order valence-electron chi connectivity index (χ2n) is 7.85. The summed E-state index contributed by atoms with van der Waals surface area (Å²) in [6, 6.07) is 5.25. The third kappa shape index (κ3) is 3.47. The number of aryl methyl sites for hydroxylation is 1. The molecule has 0 unspecified atom stereocenters. The van der Waals surface area contributed by atoms with Gasteiger partial charge in [-0.3, -0.25) is 0 Å². The number of halogens is 1. The standard InChI is InChI=1S/C20H23ClO8S/c21-13-3-1-2-11-4-5-17(18(11)13)30(26,27)16-6-7-20(8-12(16)19(24)25)28-14(9-22)15(10-23)29-20/h1-3,8,14-17,22-23H,4-7,9-10H2,(H,24,25)/t14-,15-,16+,17-/m0/s1. The first-order valence-electron chi connectivity index (χ1n) is 9.76. The van der Waals surface area contributed by atoms with E-state index in [1.807, 2.05) is 6.07 Å². The maximum absolute atomic E-state index is 13.5. The molecule has 1 heterocycles. The monoisotopic (exact) mass is 458 g/mol. The highest BCUT2D eigenvalue weighted by molar-refractivity contribution is 7.92. The fraction of sp³-hybridized carbons (Fsp3) is 0.550. The van der Waals surface area contributed by atoms with Crippen LogP contribution in [-0.4, -0.2) is 66.2 Å². The smallest absolute Gasteiger partial charge is 0.332 e.